The van der Waals surface area contributed by atoms with Gasteiger partial charge in [-0.15, -0.1) is 6.58 Å². The van der Waals surface area contributed by atoms with Gasteiger partial charge in [-0.3, -0.25) is 9.36 Å². The van der Waals surface area contributed by atoms with E-state index in [4.69, 9.17) is 10.7 Å². The van der Waals surface area contributed by atoms with Crippen LogP contribution in [0.25, 0.3) is 27.9 Å². The van der Waals surface area contributed by atoms with Crippen molar-refractivity contribution in [3.05, 3.63) is 72.8 Å². The molecule has 6 nitrogen and oxygen atoms in total. The minimum atomic E-state index is -0.299. The van der Waals surface area contributed by atoms with Crippen LogP contribution in [0.4, 0.5) is 5.82 Å². The monoisotopic (exact) mass is 343 g/mol. The van der Waals surface area contributed by atoms with Crippen LogP contribution in [0.5, 0.6) is 0 Å². The summed E-state index contributed by atoms with van der Waals surface area (Å²) in [5, 5.41) is 2.78. The third kappa shape index (κ3) is 2.48. The van der Waals surface area contributed by atoms with E-state index >= 15 is 0 Å². The molecule has 0 spiro atoms. The van der Waals surface area contributed by atoms with Gasteiger partial charge in [-0.2, -0.15) is 0 Å². The minimum Gasteiger partial charge on any atom is -0.384 e. The molecule has 0 unspecified atom stereocenters. The second-order valence-corrected chi connectivity index (χ2v) is 5.81. The van der Waals surface area contributed by atoms with Gasteiger partial charge in [-0.1, -0.05) is 36.4 Å². The summed E-state index contributed by atoms with van der Waals surface area (Å²) < 4.78 is 1.76. The predicted molar refractivity (Wildman–Crippen MR) is 103 cm³/mol. The maximum Gasteiger partial charge on any atom is 0.257 e. The number of carbonyl (C=O) groups is 1. The number of carbonyl (C=O) groups excluding carboxylic acids is 1. The molecule has 0 fully saturated rings. The lowest BCUT2D eigenvalue weighted by molar-refractivity contribution is 0.0960. The van der Waals surface area contributed by atoms with Crippen LogP contribution < -0.4 is 11.1 Å². The summed E-state index contributed by atoms with van der Waals surface area (Å²) in [5.74, 6) is 0.00901. The summed E-state index contributed by atoms with van der Waals surface area (Å²) in [7, 11) is 0. The SMILES string of the molecule is C=CCNC(=O)c1c(N)n(-c2ccccc2)c2nc3ccccc3nc12. The molecule has 0 aliphatic carbocycles. The van der Waals surface area contributed by atoms with E-state index in [1.807, 2.05) is 54.6 Å². The van der Waals surface area contributed by atoms with Crippen LogP contribution in [-0.4, -0.2) is 27.0 Å². The molecule has 128 valence electrons. The van der Waals surface area contributed by atoms with Crippen molar-refractivity contribution in [2.45, 2.75) is 0 Å². The van der Waals surface area contributed by atoms with Gasteiger partial charge in [0.25, 0.3) is 5.91 Å². The van der Waals surface area contributed by atoms with Crippen LogP contribution in [0.15, 0.2) is 67.3 Å². The molecule has 4 aromatic rings. The Morgan fingerprint density at radius 1 is 1.08 bits per heavy atom. The summed E-state index contributed by atoms with van der Waals surface area (Å²) in [6.07, 6.45) is 1.62. The number of anilines is 1. The van der Waals surface area contributed by atoms with Crippen LogP contribution in [0.3, 0.4) is 0 Å². The first-order chi connectivity index (χ1) is 12.7. The molecule has 0 atom stereocenters. The van der Waals surface area contributed by atoms with Crippen molar-refractivity contribution >= 4 is 33.9 Å². The van der Waals surface area contributed by atoms with E-state index in [0.717, 1.165) is 11.2 Å². The molecule has 2 aromatic heterocycles. The van der Waals surface area contributed by atoms with Crippen LogP contribution in [0.1, 0.15) is 10.4 Å². The lowest BCUT2D eigenvalue weighted by Crippen LogP contribution is -2.24. The van der Waals surface area contributed by atoms with E-state index in [1.165, 1.54) is 0 Å². The number of nitrogen functional groups attached to an aromatic ring is 1. The molecule has 4 rings (SSSR count). The molecule has 6 heteroatoms. The number of fused-ring (bicyclic) bond motifs is 2. The molecular formula is C20H17N5O. The van der Waals surface area contributed by atoms with E-state index in [1.54, 1.807) is 10.6 Å². The first-order valence-corrected chi connectivity index (χ1v) is 8.22. The van der Waals surface area contributed by atoms with E-state index in [-0.39, 0.29) is 5.91 Å². The first-order valence-electron chi connectivity index (χ1n) is 8.22. The minimum absolute atomic E-state index is 0.299. The van der Waals surface area contributed by atoms with Crippen molar-refractivity contribution in [2.75, 3.05) is 12.3 Å². The zero-order valence-electron chi connectivity index (χ0n) is 14.0. The maximum absolute atomic E-state index is 12.7. The number of hydrogen-bond acceptors (Lipinski definition) is 4. The van der Waals surface area contributed by atoms with Crippen LogP contribution in [0.2, 0.25) is 0 Å². The Kier molecular flexibility index (Phi) is 3.85. The number of hydrogen-bond donors (Lipinski definition) is 2. The van der Waals surface area contributed by atoms with Crippen molar-refractivity contribution in [2.24, 2.45) is 0 Å². The van der Waals surface area contributed by atoms with Gasteiger partial charge in [0.1, 0.15) is 16.9 Å². The van der Waals surface area contributed by atoms with Crippen LogP contribution >= 0.6 is 0 Å². The van der Waals surface area contributed by atoms with Gasteiger partial charge in [-0.25, -0.2) is 9.97 Å². The molecule has 0 bridgehead atoms. The first kappa shape index (κ1) is 15.8. The average molecular weight is 343 g/mol. The summed E-state index contributed by atoms with van der Waals surface area (Å²) in [5.41, 5.74) is 10.0. The van der Waals surface area contributed by atoms with Gasteiger partial charge in [0.05, 0.1) is 11.0 Å². The Balaban J connectivity index is 2.06. The largest absolute Gasteiger partial charge is 0.384 e. The molecular weight excluding hydrogens is 326 g/mol. The fourth-order valence-electron chi connectivity index (χ4n) is 2.98. The number of rotatable bonds is 4. The Bertz CT molecular complexity index is 1130. The molecule has 0 radical (unpaired) electrons. The third-order valence-electron chi connectivity index (χ3n) is 4.15. The van der Waals surface area contributed by atoms with Gasteiger partial charge in [-0.05, 0) is 24.3 Å². The number of nitrogens with two attached hydrogens (primary N) is 1. The molecule has 0 aliphatic heterocycles. The van der Waals surface area contributed by atoms with Gasteiger partial charge >= 0.3 is 0 Å². The Hall–Kier alpha value is -3.67. The topological polar surface area (TPSA) is 85.8 Å². The maximum atomic E-state index is 12.7. The number of benzene rings is 2. The number of para-hydroxylation sites is 3. The molecule has 2 heterocycles. The predicted octanol–water partition coefficient (Wildman–Crippen LogP) is 3.07. The molecule has 0 saturated heterocycles. The van der Waals surface area contributed by atoms with E-state index in [0.29, 0.717) is 34.6 Å². The summed E-state index contributed by atoms with van der Waals surface area (Å²) in [6, 6.07) is 17.1. The summed E-state index contributed by atoms with van der Waals surface area (Å²) in [6.45, 7) is 3.97. The molecule has 0 aliphatic rings. The molecule has 0 saturated carbocycles. The van der Waals surface area contributed by atoms with Gasteiger partial charge in [0, 0.05) is 12.2 Å². The van der Waals surface area contributed by atoms with Crippen molar-refractivity contribution in [3.8, 4) is 5.69 Å². The number of aromatic nitrogens is 3. The van der Waals surface area contributed by atoms with Crippen molar-refractivity contribution in [1.82, 2.24) is 19.9 Å². The second kappa shape index (κ2) is 6.33. The normalized spacial score (nSPS) is 10.9. The number of nitrogens with zero attached hydrogens (tertiary/aromatic N) is 3. The van der Waals surface area contributed by atoms with Gasteiger partial charge < -0.3 is 11.1 Å². The Morgan fingerprint density at radius 3 is 2.42 bits per heavy atom. The van der Waals surface area contributed by atoms with E-state index in [9.17, 15) is 4.79 Å². The highest BCUT2D eigenvalue weighted by Crippen LogP contribution is 2.30. The lowest BCUT2D eigenvalue weighted by atomic mass is 10.2. The second-order valence-electron chi connectivity index (χ2n) is 5.81. The zero-order valence-corrected chi connectivity index (χ0v) is 14.0. The quantitative estimate of drug-likeness (QED) is 0.558. The Labute approximate surface area is 150 Å². The third-order valence-corrected chi connectivity index (χ3v) is 4.15. The molecule has 2 aromatic carbocycles. The van der Waals surface area contributed by atoms with Crippen molar-refractivity contribution < 1.29 is 4.79 Å². The van der Waals surface area contributed by atoms with Crippen LogP contribution in [-0.2, 0) is 0 Å². The fourth-order valence-corrected chi connectivity index (χ4v) is 2.98. The lowest BCUT2D eigenvalue weighted by Gasteiger charge is -2.07. The average Bonchev–Trinajstić information content (AvgIpc) is 2.95. The highest BCUT2D eigenvalue weighted by atomic mass is 16.1. The van der Waals surface area contributed by atoms with Gasteiger partial charge in [0.15, 0.2) is 5.65 Å². The summed E-state index contributed by atoms with van der Waals surface area (Å²) in [4.78, 5) is 22.1. The van der Waals surface area contributed by atoms with Crippen molar-refractivity contribution in [1.29, 1.82) is 0 Å². The van der Waals surface area contributed by atoms with Crippen LogP contribution in [0, 0.1) is 0 Å². The van der Waals surface area contributed by atoms with E-state index in [2.05, 4.69) is 16.9 Å². The summed E-state index contributed by atoms with van der Waals surface area (Å²) >= 11 is 0. The van der Waals surface area contributed by atoms with Gasteiger partial charge in [0.2, 0.25) is 0 Å². The smallest absolute Gasteiger partial charge is 0.257 e. The number of amides is 1. The molecule has 1 amide bonds. The fraction of sp³-hybridized carbons (Fsp3) is 0.0500. The molecule has 26 heavy (non-hydrogen) atoms. The van der Waals surface area contributed by atoms with E-state index < -0.39 is 0 Å². The van der Waals surface area contributed by atoms with Crippen molar-refractivity contribution in [3.63, 3.8) is 0 Å². The zero-order chi connectivity index (χ0) is 18.1. The highest BCUT2D eigenvalue weighted by Gasteiger charge is 2.24. The Morgan fingerprint density at radius 2 is 1.73 bits per heavy atom. The standard InChI is InChI=1S/C20H17N5O/c1-2-12-22-20(26)16-17-19(24-15-11-7-6-10-14(15)23-17)25(18(16)21)13-8-4-3-5-9-13/h2-11H,1,12,21H2,(H,22,26). The molecule has 3 N–H and O–H groups in total. The number of nitrogens with one attached hydrogen (secondary N) is 1. The highest BCUT2D eigenvalue weighted by molar-refractivity contribution is 6.11.